The number of rotatable bonds is 25. The number of carbonyl (C=O) groups excluding carboxylic acids is 8. The number of para-hydroxylation sites is 2. The number of carboxylic acids is 1. The van der Waals surface area contributed by atoms with Crippen LogP contribution in [-0.4, -0.2) is 156 Å². The Morgan fingerprint density at radius 3 is 1.71 bits per heavy atom. The van der Waals surface area contributed by atoms with Crippen LogP contribution in [-0.2, 0) is 62.4 Å². The van der Waals surface area contributed by atoms with Crippen molar-refractivity contribution in [2.24, 2.45) is 17.4 Å². The van der Waals surface area contributed by atoms with Crippen LogP contribution in [0.4, 0.5) is 0 Å². The van der Waals surface area contributed by atoms with E-state index in [0.717, 1.165) is 21.8 Å². The molecule has 9 atom stereocenters. The molecule has 2 aliphatic rings. The standard InChI is InChI=1S/C56H71N11O12/c1-30(2)24-42(52(74)65-48(31(3)68)55(77)67-23-9-15-46(67)54(76)66-22-8-14-45(66)53(75)61-41(56(78)79)20-21-47(58)70)63-51(73)44(27-34-29-60-40-13-7-5-11-37(34)40)64-50(72)43(26-33-28-59-39-12-6-4-10-36(33)39)62-49(71)38(57)25-32-16-18-35(69)19-17-32/h4-7,10-13,16-19,28-31,38,41-46,48,59-60,68-69H,8-9,14-15,20-27,57H2,1-3H3,(H2,58,70)(H,61,75)(H,62,71)(H,63,73)(H,64,72)(H,65,74)(H,78,79)/t31-,38+,41+,42+,43+,44+,45+,46+,48+/m1/s1. The Hall–Kier alpha value is -8.31. The van der Waals surface area contributed by atoms with Gasteiger partial charge in [0.15, 0.2) is 0 Å². The molecule has 7 rings (SSSR count). The number of amides is 8. The van der Waals surface area contributed by atoms with E-state index < -0.39 is 108 Å². The van der Waals surface area contributed by atoms with Crippen molar-refractivity contribution in [3.8, 4) is 5.75 Å². The molecule has 2 saturated heterocycles. The van der Waals surface area contributed by atoms with E-state index in [0.29, 0.717) is 29.5 Å². The highest BCUT2D eigenvalue weighted by molar-refractivity contribution is 5.99. The van der Waals surface area contributed by atoms with Crippen LogP contribution < -0.4 is 38.1 Å². The number of benzene rings is 3. The first-order valence-electron chi connectivity index (χ1n) is 26.6. The molecule has 4 heterocycles. The second kappa shape index (κ2) is 26.4. The third-order valence-corrected chi connectivity index (χ3v) is 14.5. The van der Waals surface area contributed by atoms with Crippen LogP contribution in [0.15, 0.2) is 85.2 Å². The molecule has 0 saturated carbocycles. The van der Waals surface area contributed by atoms with Crippen molar-refractivity contribution in [1.82, 2.24) is 46.4 Å². The van der Waals surface area contributed by atoms with E-state index in [9.17, 15) is 58.5 Å². The van der Waals surface area contributed by atoms with Crippen LogP contribution in [0.1, 0.15) is 82.4 Å². The number of nitrogens with one attached hydrogen (secondary N) is 7. The quantitative estimate of drug-likeness (QED) is 0.0387. The number of aliphatic carboxylic acids is 1. The summed E-state index contributed by atoms with van der Waals surface area (Å²) in [6.45, 7) is 5.13. The molecule has 0 aliphatic carbocycles. The zero-order valence-electron chi connectivity index (χ0n) is 44.4. The lowest BCUT2D eigenvalue weighted by atomic mass is 9.99. The number of hydrogen-bond donors (Lipinski definition) is 12. The predicted molar refractivity (Wildman–Crippen MR) is 290 cm³/mol. The highest BCUT2D eigenvalue weighted by atomic mass is 16.4. The van der Waals surface area contributed by atoms with E-state index in [-0.39, 0.29) is 76.1 Å². The molecule has 2 fully saturated rings. The maximum atomic E-state index is 14.9. The van der Waals surface area contributed by atoms with E-state index in [2.05, 4.69) is 36.6 Å². The largest absolute Gasteiger partial charge is 0.508 e. The van der Waals surface area contributed by atoms with E-state index in [1.165, 1.54) is 28.9 Å². The molecule has 8 amide bonds. The van der Waals surface area contributed by atoms with E-state index >= 15 is 0 Å². The molecule has 23 heteroatoms. The Morgan fingerprint density at radius 2 is 1.16 bits per heavy atom. The molecule has 2 aliphatic heterocycles. The zero-order valence-corrected chi connectivity index (χ0v) is 44.4. The van der Waals surface area contributed by atoms with E-state index in [4.69, 9.17) is 11.5 Å². The molecule has 0 spiro atoms. The van der Waals surface area contributed by atoms with Crippen molar-refractivity contribution in [3.63, 3.8) is 0 Å². The van der Waals surface area contributed by atoms with Gasteiger partial charge in [-0.2, -0.15) is 0 Å². The third-order valence-electron chi connectivity index (χ3n) is 14.5. The van der Waals surface area contributed by atoms with Gasteiger partial charge in [-0.15, -0.1) is 0 Å². The summed E-state index contributed by atoms with van der Waals surface area (Å²) in [5, 5.41) is 45.7. The summed E-state index contributed by atoms with van der Waals surface area (Å²) < 4.78 is 0. The lowest BCUT2D eigenvalue weighted by molar-refractivity contribution is -0.150. The van der Waals surface area contributed by atoms with Crippen LogP contribution in [0.25, 0.3) is 21.8 Å². The number of likely N-dealkylation sites (tertiary alicyclic amines) is 2. The van der Waals surface area contributed by atoms with Crippen molar-refractivity contribution < 1.29 is 58.5 Å². The summed E-state index contributed by atoms with van der Waals surface area (Å²) in [5.41, 5.74) is 15.2. The number of aliphatic hydroxyl groups excluding tert-OH is 1. The monoisotopic (exact) mass is 1090 g/mol. The molecular formula is C56H71N11O12. The third kappa shape index (κ3) is 14.8. The fourth-order valence-corrected chi connectivity index (χ4v) is 10.4. The van der Waals surface area contributed by atoms with Gasteiger partial charge in [-0.05, 0) is 98.7 Å². The van der Waals surface area contributed by atoms with Gasteiger partial charge in [-0.3, -0.25) is 38.4 Å². The summed E-state index contributed by atoms with van der Waals surface area (Å²) in [4.78, 5) is 132. The van der Waals surface area contributed by atoms with Gasteiger partial charge in [-0.25, -0.2) is 4.79 Å². The Kier molecular flexibility index (Phi) is 19.5. The Bertz CT molecular complexity index is 3030. The molecule has 0 bridgehead atoms. The number of aromatic amines is 2. The zero-order chi connectivity index (χ0) is 57.1. The summed E-state index contributed by atoms with van der Waals surface area (Å²) >= 11 is 0. The highest BCUT2D eigenvalue weighted by Gasteiger charge is 2.45. The van der Waals surface area contributed by atoms with Crippen LogP contribution in [0, 0.1) is 5.92 Å². The highest BCUT2D eigenvalue weighted by Crippen LogP contribution is 2.27. The Labute approximate surface area is 456 Å². The number of phenols is 1. The maximum absolute atomic E-state index is 14.9. The molecule has 3 aromatic carbocycles. The normalized spacial score (nSPS) is 18.0. The number of nitrogens with zero attached hydrogens (tertiary/aromatic N) is 2. The Balaban J connectivity index is 1.10. The number of carboxylic acid groups (broad SMARTS) is 1. The molecule has 422 valence electrons. The van der Waals surface area contributed by atoms with Gasteiger partial charge in [0.2, 0.25) is 47.3 Å². The van der Waals surface area contributed by atoms with Crippen molar-refractivity contribution in [3.05, 3.63) is 102 Å². The lowest BCUT2D eigenvalue weighted by Gasteiger charge is -2.34. The van der Waals surface area contributed by atoms with Gasteiger partial charge < -0.3 is 73.1 Å². The summed E-state index contributed by atoms with van der Waals surface area (Å²) in [6.07, 6.45) is 2.58. The molecule has 0 unspecified atom stereocenters. The van der Waals surface area contributed by atoms with Crippen molar-refractivity contribution in [1.29, 1.82) is 0 Å². The van der Waals surface area contributed by atoms with Crippen LogP contribution in [0.3, 0.4) is 0 Å². The molecular weight excluding hydrogens is 1020 g/mol. The number of aromatic hydroxyl groups is 1. The first-order valence-corrected chi connectivity index (χ1v) is 26.6. The molecule has 5 aromatic rings. The van der Waals surface area contributed by atoms with Gasteiger partial charge in [0.1, 0.15) is 48.0 Å². The number of aromatic nitrogens is 2. The number of primary amides is 1. The number of nitrogens with two attached hydrogens (primary N) is 2. The predicted octanol–water partition coefficient (Wildman–Crippen LogP) is 0.893. The van der Waals surface area contributed by atoms with Crippen molar-refractivity contribution >= 4 is 75.0 Å². The molecule has 2 aromatic heterocycles. The SMILES string of the molecule is CC(C)C[C@H](NC(=O)[C@H](Cc1c[nH]c2ccccc12)NC(=O)[C@H](Cc1c[nH]c2ccccc12)NC(=O)[C@@H](N)Cc1ccc(O)cc1)C(=O)N[C@H](C(=O)N1CCC[C@H]1C(=O)N1CCC[C@H]1C(=O)N[C@@H](CCC(N)=O)C(=O)O)[C@@H](C)O. The minimum absolute atomic E-state index is 0.0214. The fourth-order valence-electron chi connectivity index (χ4n) is 10.4. The second-order valence-electron chi connectivity index (χ2n) is 20.9. The summed E-state index contributed by atoms with van der Waals surface area (Å²) in [7, 11) is 0. The number of phenolic OH excluding ortho intramolecular Hbond substituents is 1. The van der Waals surface area contributed by atoms with Gasteiger partial charge in [-0.1, -0.05) is 62.4 Å². The smallest absolute Gasteiger partial charge is 0.326 e. The first kappa shape index (κ1) is 58.4. The van der Waals surface area contributed by atoms with Crippen LogP contribution in [0.5, 0.6) is 5.75 Å². The molecule has 79 heavy (non-hydrogen) atoms. The average Bonchev–Trinajstić information content (AvgIpc) is 4.30. The number of fused-ring (bicyclic) bond motifs is 2. The fraction of sp³-hybridized carbons (Fsp3) is 0.446. The van der Waals surface area contributed by atoms with Gasteiger partial charge >= 0.3 is 5.97 Å². The van der Waals surface area contributed by atoms with Crippen molar-refractivity contribution in [2.45, 2.75) is 139 Å². The molecule has 0 radical (unpaired) electrons. The van der Waals surface area contributed by atoms with E-state index in [1.807, 2.05) is 62.4 Å². The Morgan fingerprint density at radius 1 is 0.646 bits per heavy atom. The van der Waals surface area contributed by atoms with E-state index in [1.54, 1.807) is 24.5 Å². The lowest BCUT2D eigenvalue weighted by Crippen LogP contribution is -2.62. The average molecular weight is 1090 g/mol. The van der Waals surface area contributed by atoms with Crippen LogP contribution >= 0.6 is 0 Å². The van der Waals surface area contributed by atoms with Gasteiger partial charge in [0.05, 0.1) is 12.1 Å². The van der Waals surface area contributed by atoms with Gasteiger partial charge in [0.25, 0.3) is 0 Å². The van der Waals surface area contributed by atoms with Gasteiger partial charge in [0, 0.05) is 66.6 Å². The topological polar surface area (TPSA) is 365 Å². The second-order valence-corrected chi connectivity index (χ2v) is 20.9. The maximum Gasteiger partial charge on any atom is 0.326 e. The minimum Gasteiger partial charge on any atom is -0.508 e. The summed E-state index contributed by atoms with van der Waals surface area (Å²) in [6, 6.07) is 10.7. The number of H-pyrrole nitrogens is 2. The van der Waals surface area contributed by atoms with Crippen LogP contribution in [0.2, 0.25) is 0 Å². The summed E-state index contributed by atoms with van der Waals surface area (Å²) in [5.74, 6) is -7.43. The molecule has 23 nitrogen and oxygen atoms in total. The van der Waals surface area contributed by atoms with Crippen molar-refractivity contribution in [2.75, 3.05) is 13.1 Å². The number of aliphatic hydroxyl groups is 1. The molecule has 14 N–H and O–H groups in total. The number of carbonyl (C=O) groups is 9. The number of hydrogen-bond acceptors (Lipinski definition) is 12. The minimum atomic E-state index is -1.61. The first-order chi connectivity index (χ1) is 37.7.